The fourth-order valence-electron chi connectivity index (χ4n) is 2.36. The average Bonchev–Trinajstić information content (AvgIpc) is 2.78. The monoisotopic (exact) mass is 304 g/mol. The largest absolute Gasteiger partial charge is 0.294 e. The summed E-state index contributed by atoms with van der Waals surface area (Å²) in [7, 11) is 0. The molecule has 20 heavy (non-hydrogen) atoms. The maximum atomic E-state index is 6.33. The number of rotatable bonds is 2. The Morgan fingerprint density at radius 2 is 1.90 bits per heavy atom. The molecule has 1 aromatic heterocycles. The second kappa shape index (κ2) is 5.12. The molecule has 0 N–H and O–H groups in total. The van der Waals surface area contributed by atoms with Gasteiger partial charge in [0, 0.05) is 0 Å². The van der Waals surface area contributed by atoms with Crippen LogP contribution < -0.4 is 0 Å². The zero-order valence-corrected chi connectivity index (χ0v) is 12.8. The van der Waals surface area contributed by atoms with Crippen molar-refractivity contribution < 1.29 is 0 Å². The van der Waals surface area contributed by atoms with Gasteiger partial charge in [0.05, 0.1) is 27.1 Å². The van der Waals surface area contributed by atoms with Crippen molar-refractivity contribution in [2.45, 2.75) is 19.2 Å². The second-order valence-corrected chi connectivity index (χ2v) is 5.93. The number of hydrogen-bond donors (Lipinski definition) is 0. The smallest absolute Gasteiger partial charge is 0.132 e. The van der Waals surface area contributed by atoms with E-state index in [4.69, 9.17) is 23.2 Å². The van der Waals surface area contributed by atoms with Crippen molar-refractivity contribution in [3.05, 3.63) is 58.9 Å². The Kier molecular flexibility index (Phi) is 3.45. The number of aryl methyl sites for hydroxylation is 1. The molecule has 1 atom stereocenters. The molecule has 1 unspecified atom stereocenters. The van der Waals surface area contributed by atoms with E-state index in [2.05, 4.69) is 30.1 Å². The van der Waals surface area contributed by atoms with E-state index in [0.717, 1.165) is 22.5 Å². The van der Waals surface area contributed by atoms with E-state index in [-0.39, 0.29) is 5.38 Å². The van der Waals surface area contributed by atoms with E-state index < -0.39 is 0 Å². The molecule has 0 saturated carbocycles. The van der Waals surface area contributed by atoms with Gasteiger partial charge in [-0.1, -0.05) is 29.8 Å². The summed E-state index contributed by atoms with van der Waals surface area (Å²) in [5.41, 5.74) is 4.04. The maximum absolute atomic E-state index is 6.33. The highest BCUT2D eigenvalue weighted by molar-refractivity contribution is 6.32. The lowest BCUT2D eigenvalue weighted by Crippen LogP contribution is -2.02. The predicted molar refractivity (Wildman–Crippen MR) is 85.1 cm³/mol. The van der Waals surface area contributed by atoms with Crippen molar-refractivity contribution in [3.63, 3.8) is 0 Å². The molecule has 0 radical (unpaired) electrons. The van der Waals surface area contributed by atoms with E-state index in [1.807, 2.05) is 35.8 Å². The molecule has 0 spiro atoms. The summed E-state index contributed by atoms with van der Waals surface area (Å²) in [6, 6.07) is 13.9. The van der Waals surface area contributed by atoms with Crippen LogP contribution in [-0.4, -0.2) is 9.55 Å². The van der Waals surface area contributed by atoms with Crippen molar-refractivity contribution in [2.75, 3.05) is 0 Å². The van der Waals surface area contributed by atoms with Gasteiger partial charge < -0.3 is 0 Å². The summed E-state index contributed by atoms with van der Waals surface area (Å²) in [4.78, 5) is 4.66. The fraction of sp³-hybridized carbons (Fsp3) is 0.188. The Morgan fingerprint density at radius 1 is 1.15 bits per heavy atom. The summed E-state index contributed by atoms with van der Waals surface area (Å²) in [6.45, 7) is 3.97. The molecule has 0 fully saturated rings. The van der Waals surface area contributed by atoms with Crippen LogP contribution in [0.2, 0.25) is 5.02 Å². The van der Waals surface area contributed by atoms with Crippen molar-refractivity contribution in [2.24, 2.45) is 0 Å². The lowest BCUT2D eigenvalue weighted by Gasteiger charge is -2.12. The van der Waals surface area contributed by atoms with Gasteiger partial charge in [-0.15, -0.1) is 11.6 Å². The molecule has 0 saturated heterocycles. The average molecular weight is 305 g/mol. The van der Waals surface area contributed by atoms with Crippen molar-refractivity contribution in [1.29, 1.82) is 0 Å². The van der Waals surface area contributed by atoms with Crippen LogP contribution in [0, 0.1) is 6.92 Å². The van der Waals surface area contributed by atoms with Crippen LogP contribution in [0.25, 0.3) is 16.7 Å². The van der Waals surface area contributed by atoms with Gasteiger partial charge in [0.2, 0.25) is 0 Å². The highest BCUT2D eigenvalue weighted by atomic mass is 35.5. The molecular formula is C16H14Cl2N2. The minimum atomic E-state index is -0.195. The molecule has 2 aromatic carbocycles. The minimum Gasteiger partial charge on any atom is -0.294 e. The number of imidazole rings is 1. The van der Waals surface area contributed by atoms with Gasteiger partial charge >= 0.3 is 0 Å². The van der Waals surface area contributed by atoms with E-state index in [1.165, 1.54) is 5.56 Å². The molecular weight excluding hydrogens is 291 g/mol. The first-order chi connectivity index (χ1) is 9.58. The quantitative estimate of drug-likeness (QED) is 0.588. The molecule has 102 valence electrons. The Labute approximate surface area is 128 Å². The molecule has 0 amide bonds. The number of aromatic nitrogens is 2. The normalized spacial score (nSPS) is 12.8. The molecule has 3 rings (SSSR count). The topological polar surface area (TPSA) is 17.8 Å². The summed E-state index contributed by atoms with van der Waals surface area (Å²) in [5, 5.41) is 0.491. The molecule has 0 aliphatic heterocycles. The van der Waals surface area contributed by atoms with Crippen molar-refractivity contribution in [3.8, 4) is 5.69 Å². The first kappa shape index (κ1) is 13.5. The first-order valence-corrected chi connectivity index (χ1v) is 7.27. The summed E-state index contributed by atoms with van der Waals surface area (Å²) in [5.74, 6) is 0.806. The van der Waals surface area contributed by atoms with Gasteiger partial charge in [-0.2, -0.15) is 0 Å². The van der Waals surface area contributed by atoms with Gasteiger partial charge in [-0.05, 0) is 43.7 Å². The van der Waals surface area contributed by atoms with Gasteiger partial charge in [-0.3, -0.25) is 4.57 Å². The minimum absolute atomic E-state index is 0.195. The van der Waals surface area contributed by atoms with Crippen molar-refractivity contribution >= 4 is 34.2 Å². The maximum Gasteiger partial charge on any atom is 0.132 e. The van der Waals surface area contributed by atoms with Gasteiger partial charge in [-0.25, -0.2) is 4.98 Å². The Morgan fingerprint density at radius 3 is 2.60 bits per heavy atom. The third-order valence-corrected chi connectivity index (χ3v) is 3.80. The number of halogens is 2. The van der Waals surface area contributed by atoms with E-state index in [1.54, 1.807) is 0 Å². The molecule has 0 aliphatic carbocycles. The van der Waals surface area contributed by atoms with E-state index in [0.29, 0.717) is 5.02 Å². The van der Waals surface area contributed by atoms with E-state index in [9.17, 15) is 0 Å². The van der Waals surface area contributed by atoms with E-state index >= 15 is 0 Å². The number of para-hydroxylation sites is 1. The third kappa shape index (κ3) is 2.19. The number of hydrogen-bond acceptors (Lipinski definition) is 1. The molecule has 1 heterocycles. The predicted octanol–water partition coefficient (Wildman–Crippen LogP) is 5.29. The van der Waals surface area contributed by atoms with Crippen LogP contribution >= 0.6 is 23.2 Å². The number of nitrogens with zero attached hydrogens (tertiary/aromatic N) is 2. The Hall–Kier alpha value is -1.51. The highest BCUT2D eigenvalue weighted by Crippen LogP contribution is 2.31. The number of alkyl halides is 1. The van der Waals surface area contributed by atoms with Crippen LogP contribution in [0.3, 0.4) is 0 Å². The number of fused-ring (bicyclic) bond motifs is 1. The van der Waals surface area contributed by atoms with Crippen LogP contribution in [0.5, 0.6) is 0 Å². The van der Waals surface area contributed by atoms with Gasteiger partial charge in [0.15, 0.2) is 0 Å². The lowest BCUT2D eigenvalue weighted by atomic mass is 10.2. The Balaban J connectivity index is 2.38. The second-order valence-electron chi connectivity index (χ2n) is 4.86. The fourth-order valence-corrected chi connectivity index (χ4v) is 2.73. The highest BCUT2D eigenvalue weighted by Gasteiger charge is 2.17. The zero-order valence-electron chi connectivity index (χ0n) is 11.3. The molecule has 4 heteroatoms. The SMILES string of the molecule is Cc1ccc2c(c1)nc(C(C)Cl)n2-c1ccccc1Cl. The molecule has 3 aromatic rings. The van der Waals surface area contributed by atoms with Crippen LogP contribution in [0.15, 0.2) is 42.5 Å². The molecule has 2 nitrogen and oxygen atoms in total. The first-order valence-electron chi connectivity index (χ1n) is 6.46. The third-order valence-electron chi connectivity index (χ3n) is 3.29. The molecule has 0 aliphatic rings. The zero-order chi connectivity index (χ0) is 14.3. The van der Waals surface area contributed by atoms with Crippen LogP contribution in [0.1, 0.15) is 23.7 Å². The van der Waals surface area contributed by atoms with Gasteiger partial charge in [0.25, 0.3) is 0 Å². The summed E-state index contributed by atoms with van der Waals surface area (Å²) < 4.78 is 2.04. The Bertz CT molecular complexity index is 775. The standard InChI is InChI=1S/C16H14Cl2N2/c1-10-7-8-15-13(9-10)19-16(11(2)17)20(15)14-6-4-3-5-12(14)18/h3-9,11H,1-2H3. The number of benzene rings is 2. The van der Waals surface area contributed by atoms with Crippen LogP contribution in [-0.2, 0) is 0 Å². The van der Waals surface area contributed by atoms with Gasteiger partial charge in [0.1, 0.15) is 5.82 Å². The lowest BCUT2D eigenvalue weighted by molar-refractivity contribution is 0.883. The van der Waals surface area contributed by atoms with Crippen molar-refractivity contribution in [1.82, 2.24) is 9.55 Å². The summed E-state index contributed by atoms with van der Waals surface area (Å²) in [6.07, 6.45) is 0. The van der Waals surface area contributed by atoms with Crippen LogP contribution in [0.4, 0.5) is 0 Å². The summed E-state index contributed by atoms with van der Waals surface area (Å²) >= 11 is 12.6. The molecule has 0 bridgehead atoms.